The minimum Gasteiger partial charge on any atom is -0.351 e. The Morgan fingerprint density at radius 1 is 1.07 bits per heavy atom. The minimum atomic E-state index is -1.58. The highest BCUT2D eigenvalue weighted by Crippen LogP contribution is 2.52. The van der Waals surface area contributed by atoms with Gasteiger partial charge >= 0.3 is 0 Å². The molecular formula is C12H29NSi. The first-order valence-corrected chi connectivity index (χ1v) is 9.06. The van der Waals surface area contributed by atoms with Crippen LogP contribution in [-0.2, 0) is 0 Å². The van der Waals surface area contributed by atoms with Gasteiger partial charge in [0.1, 0.15) is 8.24 Å². The van der Waals surface area contributed by atoms with Gasteiger partial charge in [0.25, 0.3) is 0 Å². The fourth-order valence-electron chi connectivity index (χ4n) is 3.47. The zero-order valence-electron chi connectivity index (χ0n) is 11.1. The molecule has 0 rings (SSSR count). The van der Waals surface area contributed by atoms with Gasteiger partial charge in [0.2, 0.25) is 0 Å². The molecule has 0 amide bonds. The summed E-state index contributed by atoms with van der Waals surface area (Å²) in [6.45, 7) is 16.3. The SMILES string of the molecule is CCCC(C(C)C)(C(C)C)[Si](C)(C)N. The fourth-order valence-corrected chi connectivity index (χ4v) is 7.34. The van der Waals surface area contributed by atoms with Gasteiger partial charge in [-0.1, -0.05) is 54.1 Å². The molecule has 0 unspecified atom stereocenters. The number of rotatable bonds is 5. The standard InChI is InChI=1S/C12H29NSi/c1-8-9-12(10(2)3,11(4)5)14(6,7)13/h10-11H,8-9,13H2,1-7H3. The van der Waals surface area contributed by atoms with Gasteiger partial charge in [-0.05, 0) is 23.3 Å². The third-order valence-corrected chi connectivity index (χ3v) is 7.73. The van der Waals surface area contributed by atoms with E-state index in [1.165, 1.54) is 12.8 Å². The predicted molar refractivity (Wildman–Crippen MR) is 68.9 cm³/mol. The van der Waals surface area contributed by atoms with Crippen LogP contribution in [0.25, 0.3) is 0 Å². The van der Waals surface area contributed by atoms with Crippen LogP contribution in [0.2, 0.25) is 18.1 Å². The molecule has 0 aliphatic carbocycles. The number of hydrogen-bond donors (Lipinski definition) is 1. The molecule has 1 nitrogen and oxygen atoms in total. The highest BCUT2D eigenvalue weighted by molar-refractivity contribution is 6.77. The molecule has 0 bridgehead atoms. The fraction of sp³-hybridized carbons (Fsp3) is 1.00. The molecule has 14 heavy (non-hydrogen) atoms. The second kappa shape index (κ2) is 4.80. The summed E-state index contributed by atoms with van der Waals surface area (Å²) in [4.78, 5) is 0. The topological polar surface area (TPSA) is 26.0 Å². The average Bonchev–Trinajstić information content (AvgIpc) is 1.95. The molecule has 0 heterocycles. The lowest BCUT2D eigenvalue weighted by atomic mass is 9.81. The molecule has 0 radical (unpaired) electrons. The third-order valence-electron chi connectivity index (χ3n) is 3.92. The van der Waals surface area contributed by atoms with E-state index >= 15 is 0 Å². The summed E-state index contributed by atoms with van der Waals surface area (Å²) in [7, 11) is -1.58. The van der Waals surface area contributed by atoms with Crippen LogP contribution in [0.3, 0.4) is 0 Å². The van der Waals surface area contributed by atoms with Gasteiger partial charge in [0.15, 0.2) is 0 Å². The molecule has 0 aliphatic rings. The minimum absolute atomic E-state index is 0.405. The van der Waals surface area contributed by atoms with Gasteiger partial charge in [-0.3, -0.25) is 0 Å². The smallest absolute Gasteiger partial charge is 0.123 e. The first kappa shape index (κ1) is 14.2. The molecule has 0 atom stereocenters. The Kier molecular flexibility index (Phi) is 4.86. The lowest BCUT2D eigenvalue weighted by Gasteiger charge is -2.50. The number of hydrogen-bond acceptors (Lipinski definition) is 1. The lowest BCUT2D eigenvalue weighted by molar-refractivity contribution is 0.273. The summed E-state index contributed by atoms with van der Waals surface area (Å²) in [5, 5.41) is 6.95. The van der Waals surface area contributed by atoms with Gasteiger partial charge in [-0.25, -0.2) is 0 Å². The van der Waals surface area contributed by atoms with E-state index in [1.54, 1.807) is 0 Å². The van der Waals surface area contributed by atoms with Crippen molar-refractivity contribution in [3.8, 4) is 0 Å². The second-order valence-electron chi connectivity index (χ2n) is 5.82. The Balaban J connectivity index is 5.16. The molecule has 0 aromatic rings. The second-order valence-corrected chi connectivity index (χ2v) is 10.2. The summed E-state index contributed by atoms with van der Waals surface area (Å²) >= 11 is 0. The molecule has 0 aromatic carbocycles. The largest absolute Gasteiger partial charge is 0.351 e. The van der Waals surface area contributed by atoms with Crippen LogP contribution in [-0.4, -0.2) is 8.24 Å². The summed E-state index contributed by atoms with van der Waals surface area (Å²) in [5.41, 5.74) is 0. The van der Waals surface area contributed by atoms with Crippen LogP contribution in [0.4, 0.5) is 0 Å². The normalized spacial score (nSPS) is 14.1. The molecule has 0 saturated heterocycles. The molecule has 0 aliphatic heterocycles. The highest BCUT2D eigenvalue weighted by atomic mass is 28.3. The van der Waals surface area contributed by atoms with Crippen LogP contribution in [0.1, 0.15) is 47.5 Å². The predicted octanol–water partition coefficient (Wildman–Crippen LogP) is 4.00. The van der Waals surface area contributed by atoms with Crippen molar-refractivity contribution >= 4 is 8.24 Å². The monoisotopic (exact) mass is 215 g/mol. The van der Waals surface area contributed by atoms with Crippen molar-refractivity contribution in [3.05, 3.63) is 0 Å². The third kappa shape index (κ3) is 2.40. The van der Waals surface area contributed by atoms with Crippen LogP contribution < -0.4 is 5.40 Å². The van der Waals surface area contributed by atoms with E-state index in [2.05, 4.69) is 47.7 Å². The van der Waals surface area contributed by atoms with E-state index in [0.717, 1.165) is 0 Å². The quantitative estimate of drug-likeness (QED) is 0.689. The van der Waals surface area contributed by atoms with Crippen molar-refractivity contribution < 1.29 is 0 Å². The zero-order chi connectivity index (χ0) is 11.6. The number of nitrogens with two attached hydrogens (primary N) is 1. The van der Waals surface area contributed by atoms with E-state index in [4.69, 9.17) is 5.40 Å². The van der Waals surface area contributed by atoms with Gasteiger partial charge in [0.05, 0.1) is 0 Å². The Hall–Kier alpha value is 0.177. The summed E-state index contributed by atoms with van der Waals surface area (Å²) < 4.78 is 0. The maximum atomic E-state index is 6.54. The average molecular weight is 215 g/mol. The van der Waals surface area contributed by atoms with Crippen LogP contribution in [0.15, 0.2) is 0 Å². The van der Waals surface area contributed by atoms with Crippen LogP contribution in [0.5, 0.6) is 0 Å². The molecule has 0 aromatic heterocycles. The molecule has 0 saturated carbocycles. The van der Waals surface area contributed by atoms with Gasteiger partial charge < -0.3 is 5.40 Å². The van der Waals surface area contributed by atoms with Gasteiger partial charge in [-0.15, -0.1) is 0 Å². The van der Waals surface area contributed by atoms with E-state index in [1.807, 2.05) is 0 Å². The van der Waals surface area contributed by atoms with Gasteiger partial charge in [-0.2, -0.15) is 0 Å². The molecule has 0 spiro atoms. The van der Waals surface area contributed by atoms with Crippen molar-refractivity contribution in [1.29, 1.82) is 0 Å². The molecule has 2 N–H and O–H groups in total. The Morgan fingerprint density at radius 3 is 1.50 bits per heavy atom. The van der Waals surface area contributed by atoms with Crippen LogP contribution in [0, 0.1) is 11.8 Å². The molecule has 2 heteroatoms. The van der Waals surface area contributed by atoms with Crippen molar-refractivity contribution in [3.63, 3.8) is 0 Å². The lowest BCUT2D eigenvalue weighted by Crippen LogP contribution is -2.56. The van der Waals surface area contributed by atoms with Gasteiger partial charge in [0, 0.05) is 0 Å². The van der Waals surface area contributed by atoms with Crippen molar-refractivity contribution in [2.45, 2.75) is 65.6 Å². The summed E-state index contributed by atoms with van der Waals surface area (Å²) in [6.07, 6.45) is 2.54. The van der Waals surface area contributed by atoms with E-state index in [-0.39, 0.29) is 0 Å². The van der Waals surface area contributed by atoms with E-state index in [9.17, 15) is 0 Å². The first-order valence-electron chi connectivity index (χ1n) is 5.99. The molecular weight excluding hydrogens is 186 g/mol. The Bertz CT molecular complexity index is 160. The van der Waals surface area contributed by atoms with Crippen molar-refractivity contribution in [2.75, 3.05) is 0 Å². The summed E-state index contributed by atoms with van der Waals surface area (Å²) in [5.74, 6) is 1.41. The maximum absolute atomic E-state index is 6.54. The van der Waals surface area contributed by atoms with Crippen molar-refractivity contribution in [1.82, 2.24) is 0 Å². The van der Waals surface area contributed by atoms with E-state index < -0.39 is 8.24 Å². The van der Waals surface area contributed by atoms with Crippen molar-refractivity contribution in [2.24, 2.45) is 17.2 Å². The maximum Gasteiger partial charge on any atom is 0.123 e. The van der Waals surface area contributed by atoms with Crippen LogP contribution >= 0.6 is 0 Å². The first-order chi connectivity index (χ1) is 6.20. The molecule has 86 valence electrons. The highest BCUT2D eigenvalue weighted by Gasteiger charge is 2.48. The van der Waals surface area contributed by atoms with E-state index in [0.29, 0.717) is 16.9 Å². The Labute approximate surface area is 91.6 Å². The zero-order valence-corrected chi connectivity index (χ0v) is 12.1. The summed E-state index contributed by atoms with van der Waals surface area (Å²) in [6, 6.07) is 0. The Morgan fingerprint density at radius 2 is 1.43 bits per heavy atom. The molecule has 0 fully saturated rings.